The molecule has 52 heavy (non-hydrogen) atoms. The lowest BCUT2D eigenvalue weighted by molar-refractivity contribution is -0.147. The van der Waals surface area contributed by atoms with Gasteiger partial charge in [0.2, 0.25) is 35.6 Å². The Labute approximate surface area is 293 Å². The van der Waals surface area contributed by atoms with E-state index in [0.717, 1.165) is 0 Å². The second-order valence-corrected chi connectivity index (χ2v) is 11.4. The molecule has 3 unspecified atom stereocenters. The molecule has 1 spiro atoms. The second-order valence-electron chi connectivity index (χ2n) is 11.4. The molecule has 6 rings (SSSR count). The van der Waals surface area contributed by atoms with Crippen molar-refractivity contribution >= 4 is 76.4 Å². The summed E-state index contributed by atoms with van der Waals surface area (Å²) < 4.78 is 0. The number of nitrogens with zero attached hydrogens (tertiary/aromatic N) is 5. The summed E-state index contributed by atoms with van der Waals surface area (Å²) in [6.07, 6.45) is -1.52. The largest absolute Gasteiger partial charge is 0.481 e. The number of hydrogen-bond acceptors (Lipinski definition) is 16. The summed E-state index contributed by atoms with van der Waals surface area (Å²) in [4.78, 5) is 68.4. The zero-order chi connectivity index (χ0) is 36.9. The fraction of sp³-hybridized carbons (Fsp3) is 0.156. The van der Waals surface area contributed by atoms with Crippen molar-refractivity contribution in [1.29, 1.82) is 0 Å². The van der Waals surface area contributed by atoms with E-state index >= 15 is 0 Å². The van der Waals surface area contributed by atoms with Crippen LogP contribution in [0.1, 0.15) is 12.8 Å². The summed E-state index contributed by atoms with van der Waals surface area (Å²) in [5.41, 5.74) is 0.219. The lowest BCUT2D eigenvalue weighted by Crippen LogP contribution is -2.48. The van der Waals surface area contributed by atoms with Crippen molar-refractivity contribution in [2.24, 2.45) is 9.98 Å². The molecule has 0 saturated carbocycles. The number of benzene rings is 3. The zero-order valence-corrected chi connectivity index (χ0v) is 26.7. The van der Waals surface area contributed by atoms with Crippen molar-refractivity contribution in [1.82, 2.24) is 25.6 Å². The first-order valence-corrected chi connectivity index (χ1v) is 15.4. The summed E-state index contributed by atoms with van der Waals surface area (Å²) in [7, 11) is 0. The maximum absolute atomic E-state index is 12.3. The van der Waals surface area contributed by atoms with Crippen molar-refractivity contribution in [2.75, 3.05) is 26.6 Å². The number of aliphatic imine (C=N–C) groups is 2. The van der Waals surface area contributed by atoms with Crippen LogP contribution in [0.4, 0.5) is 40.6 Å². The van der Waals surface area contributed by atoms with Crippen molar-refractivity contribution in [2.45, 2.75) is 30.2 Å². The van der Waals surface area contributed by atoms with Gasteiger partial charge in [-0.3, -0.25) is 20.2 Å². The predicted octanol–water partition coefficient (Wildman–Crippen LogP) is 2.09. The first-order valence-electron chi connectivity index (χ1n) is 15.4. The number of nitrogens with one attached hydrogen (secondary N) is 7. The molecule has 1 fully saturated rings. The molecule has 20 heteroatoms. The monoisotopic (exact) mass is 710 g/mol. The van der Waals surface area contributed by atoms with Crippen LogP contribution in [0.5, 0.6) is 0 Å². The number of anilines is 7. The molecular weight excluding hydrogens is 680 g/mol. The number of guanidine groups is 2. The molecule has 3 aromatic carbocycles. The van der Waals surface area contributed by atoms with E-state index in [9.17, 15) is 34.5 Å². The standard InChI is InChI=1S/C32H30N12O8/c45-22(46)15-21(24(49)50)37-28-39-26(33-17-7-3-1-4-8-17)38-27(40-28)34-19-11-13-20(14-12-19)36-30-41-29(35-18-9-5-2-6-10-18)42-32(43-30)31(44-32,25(51)52)16-23(47)48/h1-14,21,44H,15-16H2,(H,45,46)(H,47,48)(H,49,50)(H,51,52)(H3,35,36,41,42,43)(H3,33,34,37,38,39,40). The first kappa shape index (κ1) is 34.5. The summed E-state index contributed by atoms with van der Waals surface area (Å²) >= 11 is 0. The molecule has 1 aromatic heterocycles. The summed E-state index contributed by atoms with van der Waals surface area (Å²) in [6, 6.07) is 22.9. The Bertz CT molecular complexity index is 2070. The van der Waals surface area contributed by atoms with E-state index in [0.29, 0.717) is 22.7 Å². The van der Waals surface area contributed by atoms with E-state index in [1.54, 1.807) is 72.8 Å². The van der Waals surface area contributed by atoms with Crippen LogP contribution < -0.4 is 37.2 Å². The van der Waals surface area contributed by atoms with E-state index < -0.39 is 54.1 Å². The molecule has 2 aliphatic rings. The summed E-state index contributed by atoms with van der Waals surface area (Å²) in [6.45, 7) is 0. The van der Waals surface area contributed by atoms with E-state index in [2.05, 4.69) is 62.2 Å². The van der Waals surface area contributed by atoms with Crippen LogP contribution in [0.3, 0.4) is 0 Å². The molecular formula is C32H30N12O8. The van der Waals surface area contributed by atoms with E-state index in [-0.39, 0.29) is 29.8 Å². The van der Waals surface area contributed by atoms with Gasteiger partial charge in [-0.25, -0.2) is 19.6 Å². The smallest absolute Gasteiger partial charge is 0.330 e. The SMILES string of the molecule is O=C(O)CC(Nc1nc(Nc2ccccc2)nc(Nc2ccc(NC3=NC4(N=C(Nc5ccccc5)N3)NC4(CC(=O)O)C(=O)O)cc2)n1)C(=O)O. The third kappa shape index (κ3) is 7.92. The molecule has 266 valence electrons. The van der Waals surface area contributed by atoms with Gasteiger partial charge < -0.3 is 47.0 Å². The minimum absolute atomic E-state index is 0.00698. The van der Waals surface area contributed by atoms with E-state index in [4.69, 9.17) is 5.11 Å². The van der Waals surface area contributed by atoms with E-state index in [1.165, 1.54) is 0 Å². The van der Waals surface area contributed by atoms with Gasteiger partial charge in [-0.1, -0.05) is 36.4 Å². The predicted molar refractivity (Wildman–Crippen MR) is 187 cm³/mol. The molecule has 11 N–H and O–H groups in total. The van der Waals surface area contributed by atoms with Gasteiger partial charge in [0.05, 0.1) is 12.8 Å². The minimum atomic E-state index is -1.99. The normalized spacial score (nSPS) is 19.2. The number of hydrogen-bond donors (Lipinski definition) is 11. The average Bonchev–Trinajstić information content (AvgIpc) is 3.69. The first-order chi connectivity index (χ1) is 24.9. The molecule has 0 aliphatic carbocycles. The van der Waals surface area contributed by atoms with Crippen LogP contribution in [0, 0.1) is 0 Å². The van der Waals surface area contributed by atoms with Crippen molar-refractivity contribution in [3.05, 3.63) is 84.9 Å². The van der Waals surface area contributed by atoms with Gasteiger partial charge in [-0.2, -0.15) is 15.0 Å². The fourth-order valence-corrected chi connectivity index (χ4v) is 5.11. The maximum Gasteiger partial charge on any atom is 0.330 e. The highest BCUT2D eigenvalue weighted by Crippen LogP contribution is 2.45. The lowest BCUT2D eigenvalue weighted by Gasteiger charge is -2.23. The lowest BCUT2D eigenvalue weighted by atomic mass is 10.0. The number of carboxylic acids is 4. The third-order valence-corrected chi connectivity index (χ3v) is 7.57. The molecule has 0 amide bonds. The molecule has 4 aromatic rings. The molecule has 3 heterocycles. The van der Waals surface area contributed by atoms with E-state index in [1.807, 2.05) is 12.1 Å². The highest BCUT2D eigenvalue weighted by Gasteiger charge is 2.76. The quantitative estimate of drug-likeness (QED) is 0.0835. The Balaban J connectivity index is 1.22. The number of aliphatic carboxylic acids is 4. The van der Waals surface area contributed by atoms with Crippen LogP contribution in [0.25, 0.3) is 0 Å². The Hall–Kier alpha value is -7.35. The second kappa shape index (κ2) is 14.2. The van der Waals surface area contributed by atoms with Gasteiger partial charge >= 0.3 is 23.9 Å². The third-order valence-electron chi connectivity index (χ3n) is 7.57. The Morgan fingerprint density at radius 3 is 1.54 bits per heavy atom. The Kier molecular flexibility index (Phi) is 9.46. The fourth-order valence-electron chi connectivity index (χ4n) is 5.11. The zero-order valence-electron chi connectivity index (χ0n) is 26.7. The molecule has 0 bridgehead atoms. The van der Waals surface area contributed by atoms with Crippen LogP contribution in [0.15, 0.2) is 94.9 Å². The molecule has 0 radical (unpaired) electrons. The van der Waals surface area contributed by atoms with Crippen LogP contribution in [-0.4, -0.2) is 88.5 Å². The van der Waals surface area contributed by atoms with Gasteiger partial charge in [0.15, 0.2) is 5.54 Å². The number of rotatable bonds is 14. The number of para-hydroxylation sites is 2. The van der Waals surface area contributed by atoms with Crippen LogP contribution in [0.2, 0.25) is 0 Å². The average molecular weight is 711 g/mol. The van der Waals surface area contributed by atoms with Gasteiger partial charge in [0, 0.05) is 22.7 Å². The van der Waals surface area contributed by atoms with Crippen molar-refractivity contribution < 1.29 is 39.6 Å². The van der Waals surface area contributed by atoms with Crippen LogP contribution >= 0.6 is 0 Å². The van der Waals surface area contributed by atoms with Crippen molar-refractivity contribution in [3.63, 3.8) is 0 Å². The molecule has 20 nitrogen and oxygen atoms in total. The molecule has 2 aliphatic heterocycles. The molecule has 1 saturated heterocycles. The minimum Gasteiger partial charge on any atom is -0.481 e. The van der Waals surface area contributed by atoms with Gasteiger partial charge in [0.1, 0.15) is 6.04 Å². The highest BCUT2D eigenvalue weighted by molar-refractivity contribution is 6.12. The Morgan fingerprint density at radius 2 is 1.08 bits per heavy atom. The van der Waals surface area contributed by atoms with Gasteiger partial charge in [0.25, 0.3) is 0 Å². The maximum atomic E-state index is 12.3. The van der Waals surface area contributed by atoms with Crippen LogP contribution in [-0.2, 0) is 19.2 Å². The summed E-state index contributed by atoms with van der Waals surface area (Å²) in [5.74, 6) is -7.35. The Morgan fingerprint density at radius 1 is 0.615 bits per heavy atom. The highest BCUT2D eigenvalue weighted by atomic mass is 16.4. The molecule has 3 atom stereocenters. The van der Waals surface area contributed by atoms with Gasteiger partial charge in [-0.15, -0.1) is 0 Å². The summed E-state index contributed by atoms with van der Waals surface area (Å²) in [5, 5.41) is 58.4. The van der Waals surface area contributed by atoms with Gasteiger partial charge in [-0.05, 0) is 48.5 Å². The number of aromatic nitrogens is 3. The number of carbonyl (C=O) groups is 4. The topological polar surface area (TPSA) is 307 Å². The number of carboxylic acid groups (broad SMARTS) is 4. The van der Waals surface area contributed by atoms with Crippen molar-refractivity contribution in [3.8, 4) is 0 Å².